The number of amides is 1. The molecule has 1 amide bonds. The summed E-state index contributed by atoms with van der Waals surface area (Å²) < 4.78 is 0. The number of benzene rings is 1. The van der Waals surface area contributed by atoms with Gasteiger partial charge >= 0.3 is 0 Å². The molecule has 1 aromatic carbocycles. The first-order chi connectivity index (χ1) is 7.95. The first-order valence-electron chi connectivity index (χ1n) is 5.03. The number of rotatable bonds is 4. The van der Waals surface area contributed by atoms with Gasteiger partial charge in [0.2, 0.25) is 0 Å². The van der Waals surface area contributed by atoms with Gasteiger partial charge < -0.3 is 4.90 Å². The Kier molecular flexibility index (Phi) is 4.62. The van der Waals surface area contributed by atoms with E-state index in [1.165, 1.54) is 17.0 Å². The molecule has 0 spiro atoms. The molecule has 0 fully saturated rings. The maximum atomic E-state index is 11.9. The molecule has 6 heteroatoms. The summed E-state index contributed by atoms with van der Waals surface area (Å²) in [5, 5.41) is 11.4. The summed E-state index contributed by atoms with van der Waals surface area (Å²) in [6, 6.07) is 4.40. The zero-order valence-corrected chi connectivity index (χ0v) is 11.2. The Morgan fingerprint density at radius 1 is 1.47 bits per heavy atom. The molecule has 0 aliphatic heterocycles. The minimum Gasteiger partial charge on any atom is -0.341 e. The van der Waals surface area contributed by atoms with Gasteiger partial charge in [-0.15, -0.1) is 0 Å². The molecule has 5 nitrogen and oxygen atoms in total. The van der Waals surface area contributed by atoms with Crippen molar-refractivity contribution in [1.29, 1.82) is 0 Å². The highest BCUT2D eigenvalue weighted by molar-refractivity contribution is 9.09. The highest BCUT2D eigenvalue weighted by Gasteiger charge is 2.15. The topological polar surface area (TPSA) is 63.5 Å². The number of nitro benzene ring substituents is 1. The molecule has 0 bridgehead atoms. The molecule has 0 aliphatic rings. The SMILES string of the molecule is Cc1cc(C(=O)N(C)CCBr)cc([N+](=O)[O-])c1. The fourth-order valence-electron chi connectivity index (χ4n) is 1.44. The van der Waals surface area contributed by atoms with E-state index in [0.717, 1.165) is 0 Å². The van der Waals surface area contributed by atoms with Crippen LogP contribution in [0, 0.1) is 17.0 Å². The van der Waals surface area contributed by atoms with E-state index >= 15 is 0 Å². The number of alkyl halides is 1. The lowest BCUT2D eigenvalue weighted by Gasteiger charge is -2.15. The van der Waals surface area contributed by atoms with Gasteiger partial charge in [0.25, 0.3) is 11.6 Å². The standard InChI is InChI=1S/C11H13BrN2O3/c1-8-5-9(7-10(6-8)14(16)17)11(15)13(2)4-3-12/h5-7H,3-4H2,1-2H3. The van der Waals surface area contributed by atoms with Crippen LogP contribution in [0.25, 0.3) is 0 Å². The number of aryl methyl sites for hydroxylation is 1. The summed E-state index contributed by atoms with van der Waals surface area (Å²) in [7, 11) is 1.66. The van der Waals surface area contributed by atoms with Gasteiger partial charge in [-0.25, -0.2) is 0 Å². The molecule has 0 aromatic heterocycles. The van der Waals surface area contributed by atoms with E-state index in [1.54, 1.807) is 20.0 Å². The van der Waals surface area contributed by atoms with E-state index in [4.69, 9.17) is 0 Å². The lowest BCUT2D eigenvalue weighted by molar-refractivity contribution is -0.384. The number of carbonyl (C=O) groups excluding carboxylic acids is 1. The lowest BCUT2D eigenvalue weighted by Crippen LogP contribution is -2.28. The Morgan fingerprint density at radius 2 is 2.12 bits per heavy atom. The second-order valence-electron chi connectivity index (χ2n) is 3.73. The van der Waals surface area contributed by atoms with Crippen LogP contribution in [0.15, 0.2) is 18.2 Å². The van der Waals surface area contributed by atoms with Crippen molar-refractivity contribution in [2.75, 3.05) is 18.9 Å². The van der Waals surface area contributed by atoms with Gasteiger partial charge in [-0.3, -0.25) is 14.9 Å². The zero-order valence-electron chi connectivity index (χ0n) is 9.64. The van der Waals surface area contributed by atoms with Crippen molar-refractivity contribution in [2.24, 2.45) is 0 Å². The number of hydrogen-bond acceptors (Lipinski definition) is 3. The summed E-state index contributed by atoms with van der Waals surface area (Å²) in [6.07, 6.45) is 0. The zero-order chi connectivity index (χ0) is 13.0. The third kappa shape index (κ3) is 3.52. The number of halogens is 1. The molecule has 92 valence electrons. The molecule has 0 atom stereocenters. The normalized spacial score (nSPS) is 10.1. The smallest absolute Gasteiger partial charge is 0.270 e. The van der Waals surface area contributed by atoms with Gasteiger partial charge in [0.05, 0.1) is 4.92 Å². The molecule has 0 N–H and O–H groups in total. The molecule has 0 aliphatic carbocycles. The highest BCUT2D eigenvalue weighted by Crippen LogP contribution is 2.17. The average Bonchev–Trinajstić information content (AvgIpc) is 2.27. The second kappa shape index (κ2) is 5.77. The fraction of sp³-hybridized carbons (Fsp3) is 0.364. The number of non-ortho nitro benzene ring substituents is 1. The Balaban J connectivity index is 3.05. The maximum Gasteiger partial charge on any atom is 0.270 e. The fourth-order valence-corrected chi connectivity index (χ4v) is 1.97. The summed E-state index contributed by atoms with van der Waals surface area (Å²) in [4.78, 5) is 23.7. The van der Waals surface area contributed by atoms with Crippen molar-refractivity contribution in [1.82, 2.24) is 4.90 Å². The largest absolute Gasteiger partial charge is 0.341 e. The van der Waals surface area contributed by atoms with Gasteiger partial charge in [0.15, 0.2) is 0 Å². The summed E-state index contributed by atoms with van der Waals surface area (Å²) in [5.41, 5.74) is 0.996. The Hall–Kier alpha value is -1.43. The third-order valence-corrected chi connectivity index (χ3v) is 2.64. The highest BCUT2D eigenvalue weighted by atomic mass is 79.9. The second-order valence-corrected chi connectivity index (χ2v) is 4.52. The molecule has 0 unspecified atom stereocenters. The molecule has 0 heterocycles. The molecule has 1 rings (SSSR count). The van der Waals surface area contributed by atoms with Gasteiger partial charge in [-0.2, -0.15) is 0 Å². The van der Waals surface area contributed by atoms with Crippen LogP contribution < -0.4 is 0 Å². The molecule has 1 aromatic rings. The Morgan fingerprint density at radius 3 is 2.65 bits per heavy atom. The average molecular weight is 301 g/mol. The van der Waals surface area contributed by atoms with Crippen LogP contribution in [0.1, 0.15) is 15.9 Å². The van der Waals surface area contributed by atoms with Crippen LogP contribution in [0.5, 0.6) is 0 Å². The molecule has 0 radical (unpaired) electrons. The summed E-state index contributed by atoms with van der Waals surface area (Å²) in [6.45, 7) is 2.29. The Labute approximate surface area is 108 Å². The lowest BCUT2D eigenvalue weighted by atomic mass is 10.1. The monoisotopic (exact) mass is 300 g/mol. The predicted molar refractivity (Wildman–Crippen MR) is 68.6 cm³/mol. The quantitative estimate of drug-likeness (QED) is 0.487. The number of nitrogens with zero attached hydrogens (tertiary/aromatic N) is 2. The van der Waals surface area contributed by atoms with Gasteiger partial charge in [0, 0.05) is 36.6 Å². The molecule has 0 saturated heterocycles. The Bertz CT molecular complexity index is 448. The van der Waals surface area contributed by atoms with Crippen LogP contribution >= 0.6 is 15.9 Å². The minimum absolute atomic E-state index is 0.0550. The van der Waals surface area contributed by atoms with E-state index in [9.17, 15) is 14.9 Å². The number of nitro groups is 1. The number of carbonyl (C=O) groups is 1. The van der Waals surface area contributed by atoms with Gasteiger partial charge in [-0.1, -0.05) is 15.9 Å². The first kappa shape index (κ1) is 13.6. The number of hydrogen-bond donors (Lipinski definition) is 0. The third-order valence-electron chi connectivity index (χ3n) is 2.29. The van der Waals surface area contributed by atoms with Crippen molar-refractivity contribution in [2.45, 2.75) is 6.92 Å². The maximum absolute atomic E-state index is 11.9. The van der Waals surface area contributed by atoms with E-state index in [0.29, 0.717) is 23.0 Å². The van der Waals surface area contributed by atoms with Crippen molar-refractivity contribution in [3.05, 3.63) is 39.4 Å². The predicted octanol–water partition coefficient (Wildman–Crippen LogP) is 2.37. The van der Waals surface area contributed by atoms with Crippen molar-refractivity contribution >= 4 is 27.5 Å². The van der Waals surface area contributed by atoms with Crippen LogP contribution in [-0.2, 0) is 0 Å². The van der Waals surface area contributed by atoms with E-state index in [2.05, 4.69) is 15.9 Å². The van der Waals surface area contributed by atoms with E-state index in [1.807, 2.05) is 0 Å². The van der Waals surface area contributed by atoms with Crippen LogP contribution in [0.4, 0.5) is 5.69 Å². The van der Waals surface area contributed by atoms with Gasteiger partial charge in [-0.05, 0) is 18.6 Å². The van der Waals surface area contributed by atoms with Crippen LogP contribution in [0.2, 0.25) is 0 Å². The van der Waals surface area contributed by atoms with E-state index < -0.39 is 4.92 Å². The molecule has 0 saturated carbocycles. The van der Waals surface area contributed by atoms with Crippen LogP contribution in [-0.4, -0.2) is 34.7 Å². The summed E-state index contributed by atoms with van der Waals surface area (Å²) >= 11 is 3.24. The summed E-state index contributed by atoms with van der Waals surface area (Å²) in [5.74, 6) is -0.212. The van der Waals surface area contributed by atoms with E-state index in [-0.39, 0.29) is 11.6 Å². The minimum atomic E-state index is -0.492. The molecular weight excluding hydrogens is 288 g/mol. The van der Waals surface area contributed by atoms with Crippen molar-refractivity contribution < 1.29 is 9.72 Å². The molecule has 17 heavy (non-hydrogen) atoms. The molecular formula is C11H13BrN2O3. The van der Waals surface area contributed by atoms with Crippen molar-refractivity contribution in [3.8, 4) is 0 Å². The van der Waals surface area contributed by atoms with Crippen molar-refractivity contribution in [3.63, 3.8) is 0 Å². The van der Waals surface area contributed by atoms with Crippen LogP contribution in [0.3, 0.4) is 0 Å². The first-order valence-corrected chi connectivity index (χ1v) is 6.15. The van der Waals surface area contributed by atoms with Gasteiger partial charge in [0.1, 0.15) is 0 Å².